The predicted molar refractivity (Wildman–Crippen MR) is 89.0 cm³/mol. The molecule has 1 fully saturated rings. The van der Waals surface area contributed by atoms with Gasteiger partial charge in [-0.25, -0.2) is 9.98 Å². The lowest BCUT2D eigenvalue weighted by Gasteiger charge is -2.39. The van der Waals surface area contributed by atoms with Crippen LogP contribution in [0, 0.1) is 0 Å². The second-order valence-corrected chi connectivity index (χ2v) is 5.78. The average Bonchev–Trinajstić information content (AvgIpc) is 2.65. The molecule has 0 radical (unpaired) electrons. The number of aliphatic hydroxyl groups excluding tert-OH is 4. The van der Waals surface area contributed by atoms with E-state index in [1.165, 1.54) is 24.4 Å². The van der Waals surface area contributed by atoms with Crippen LogP contribution in [0.5, 0.6) is 5.88 Å². The van der Waals surface area contributed by atoms with Crippen LogP contribution in [0.1, 0.15) is 0 Å². The molecular weight excluding hydrogens is 344 g/mol. The fourth-order valence-corrected chi connectivity index (χ4v) is 2.46. The number of ketones is 1. The van der Waals surface area contributed by atoms with Crippen molar-refractivity contribution in [3.05, 3.63) is 42.6 Å². The van der Waals surface area contributed by atoms with E-state index < -0.39 is 37.3 Å². The van der Waals surface area contributed by atoms with E-state index in [9.17, 15) is 20.1 Å². The van der Waals surface area contributed by atoms with Gasteiger partial charge in [0, 0.05) is 6.07 Å². The van der Waals surface area contributed by atoms with Gasteiger partial charge in [0.2, 0.25) is 12.2 Å². The summed E-state index contributed by atoms with van der Waals surface area (Å²) >= 11 is 0. The third-order valence-corrected chi connectivity index (χ3v) is 3.90. The minimum atomic E-state index is -1.52. The van der Waals surface area contributed by atoms with Crippen molar-refractivity contribution >= 4 is 17.2 Å². The summed E-state index contributed by atoms with van der Waals surface area (Å²) in [7, 11) is 0. The van der Waals surface area contributed by atoms with Crippen molar-refractivity contribution < 1.29 is 34.7 Å². The summed E-state index contributed by atoms with van der Waals surface area (Å²) in [6, 6.07) is 3.10. The van der Waals surface area contributed by atoms with Gasteiger partial charge in [-0.05, 0) is 30.4 Å². The Hall–Kier alpha value is -2.43. The van der Waals surface area contributed by atoms with Gasteiger partial charge in [-0.15, -0.1) is 0 Å². The van der Waals surface area contributed by atoms with E-state index >= 15 is 0 Å². The van der Waals surface area contributed by atoms with E-state index in [0.29, 0.717) is 11.4 Å². The molecule has 2 heterocycles. The van der Waals surface area contributed by atoms with Gasteiger partial charge in [0.25, 0.3) is 0 Å². The van der Waals surface area contributed by atoms with Crippen molar-refractivity contribution in [2.45, 2.75) is 30.7 Å². The van der Waals surface area contributed by atoms with Crippen molar-refractivity contribution in [1.82, 2.24) is 4.98 Å². The number of rotatable bonds is 4. The normalized spacial score (nSPS) is 31.2. The zero-order valence-electron chi connectivity index (χ0n) is 13.5. The van der Waals surface area contributed by atoms with Gasteiger partial charge in [0.1, 0.15) is 24.4 Å². The molecule has 26 heavy (non-hydrogen) atoms. The largest absolute Gasteiger partial charge is 0.445 e. The first-order valence-corrected chi connectivity index (χ1v) is 7.90. The van der Waals surface area contributed by atoms with Gasteiger partial charge in [0.05, 0.1) is 24.2 Å². The van der Waals surface area contributed by atoms with Crippen molar-refractivity contribution in [2.24, 2.45) is 4.99 Å². The molecule has 1 aliphatic carbocycles. The number of allylic oxidation sites excluding steroid dienone is 4. The van der Waals surface area contributed by atoms with Crippen LogP contribution in [-0.4, -0.2) is 74.2 Å². The van der Waals surface area contributed by atoms with Crippen molar-refractivity contribution in [2.75, 3.05) is 6.61 Å². The lowest BCUT2D eigenvalue weighted by Crippen LogP contribution is -2.60. The minimum Gasteiger partial charge on any atom is -0.445 e. The Morgan fingerprint density at radius 2 is 1.81 bits per heavy atom. The van der Waals surface area contributed by atoms with Crippen LogP contribution < -0.4 is 4.74 Å². The second kappa shape index (κ2) is 7.85. The predicted octanol–water partition coefficient (Wildman–Crippen LogP) is -0.972. The van der Waals surface area contributed by atoms with E-state index in [4.69, 9.17) is 14.6 Å². The molecule has 0 saturated carbocycles. The van der Waals surface area contributed by atoms with Gasteiger partial charge >= 0.3 is 0 Å². The lowest BCUT2D eigenvalue weighted by molar-refractivity contribution is -0.278. The third-order valence-electron chi connectivity index (χ3n) is 3.90. The van der Waals surface area contributed by atoms with Gasteiger partial charge in [-0.2, -0.15) is 0 Å². The number of aliphatic hydroxyl groups is 4. The van der Waals surface area contributed by atoms with Gasteiger partial charge < -0.3 is 29.9 Å². The molecule has 138 valence electrons. The van der Waals surface area contributed by atoms with E-state index in [1.54, 1.807) is 18.2 Å². The number of nitrogens with zero attached hydrogens (tertiary/aromatic N) is 2. The van der Waals surface area contributed by atoms with Gasteiger partial charge in [-0.1, -0.05) is 0 Å². The van der Waals surface area contributed by atoms with Crippen LogP contribution in [0.15, 0.2) is 47.6 Å². The molecule has 0 unspecified atom stereocenters. The first-order valence-electron chi connectivity index (χ1n) is 7.90. The number of aromatic nitrogens is 1. The van der Waals surface area contributed by atoms with Crippen molar-refractivity contribution in [3.63, 3.8) is 0 Å². The van der Waals surface area contributed by atoms with E-state index in [1.807, 2.05) is 0 Å². The number of hydrogen-bond acceptors (Lipinski definition) is 9. The molecule has 5 atom stereocenters. The van der Waals surface area contributed by atoms with E-state index in [0.717, 1.165) is 0 Å². The standard InChI is InChI=1S/C17H18N2O7/c20-8-12-14(22)15(23)16(24)17(25-12)26-13-6-3-10(7-18-13)19-9-1-4-11(21)5-2-9/h1-7,12,14-17,20,22-24H,8H2/t12-,14-,15+,16-,17+/m1/s1. The monoisotopic (exact) mass is 362 g/mol. The smallest absolute Gasteiger partial charge is 0.231 e. The molecule has 0 aromatic carbocycles. The van der Waals surface area contributed by atoms with Gasteiger partial charge in [-0.3, -0.25) is 4.79 Å². The maximum Gasteiger partial charge on any atom is 0.231 e. The summed E-state index contributed by atoms with van der Waals surface area (Å²) < 4.78 is 10.6. The number of carbonyl (C=O) groups is 1. The summed E-state index contributed by atoms with van der Waals surface area (Å²) in [5.41, 5.74) is 1.11. The van der Waals surface area contributed by atoms with Crippen LogP contribution in [0.25, 0.3) is 0 Å². The zero-order valence-corrected chi connectivity index (χ0v) is 13.5. The molecule has 1 saturated heterocycles. The molecule has 3 rings (SSSR count). The van der Waals surface area contributed by atoms with Crippen molar-refractivity contribution in [1.29, 1.82) is 0 Å². The highest BCUT2D eigenvalue weighted by Gasteiger charge is 2.44. The summed E-state index contributed by atoms with van der Waals surface area (Å²) in [4.78, 5) is 19.4. The molecular formula is C17H18N2O7. The number of hydrogen-bond donors (Lipinski definition) is 4. The topological polar surface area (TPSA) is 142 Å². The first kappa shape index (κ1) is 18.4. The van der Waals surface area contributed by atoms with Crippen molar-refractivity contribution in [3.8, 4) is 5.88 Å². The molecule has 0 amide bonds. The summed E-state index contributed by atoms with van der Waals surface area (Å²) in [6.45, 7) is -0.543. The Kier molecular flexibility index (Phi) is 5.55. The summed E-state index contributed by atoms with van der Waals surface area (Å²) in [6.07, 6.45) is 0.553. The molecule has 9 nitrogen and oxygen atoms in total. The Balaban J connectivity index is 1.67. The highest BCUT2D eigenvalue weighted by atomic mass is 16.7. The van der Waals surface area contributed by atoms with E-state index in [2.05, 4.69) is 9.98 Å². The van der Waals surface area contributed by atoms with Crippen LogP contribution in [0.4, 0.5) is 5.69 Å². The number of ether oxygens (including phenoxy) is 2. The molecule has 0 bridgehead atoms. The van der Waals surface area contributed by atoms with Gasteiger partial charge in [0.15, 0.2) is 5.78 Å². The quantitative estimate of drug-likeness (QED) is 0.501. The molecule has 9 heteroatoms. The molecule has 1 aromatic heterocycles. The summed E-state index contributed by atoms with van der Waals surface area (Å²) in [5.74, 6) is -0.00598. The van der Waals surface area contributed by atoms with E-state index in [-0.39, 0.29) is 11.7 Å². The highest BCUT2D eigenvalue weighted by Crippen LogP contribution is 2.24. The highest BCUT2D eigenvalue weighted by molar-refractivity contribution is 6.17. The average molecular weight is 362 g/mol. The lowest BCUT2D eigenvalue weighted by atomic mass is 9.99. The molecule has 4 N–H and O–H groups in total. The zero-order chi connectivity index (χ0) is 18.7. The maximum absolute atomic E-state index is 11.1. The van der Waals surface area contributed by atoms with Crippen LogP contribution in [-0.2, 0) is 9.53 Å². The minimum absolute atomic E-state index is 0.100. The number of carbonyl (C=O) groups excluding carboxylic acids is 1. The Labute approximate surface area is 148 Å². The van der Waals surface area contributed by atoms with Crippen LogP contribution >= 0.6 is 0 Å². The number of aliphatic imine (C=N–C) groups is 1. The molecule has 1 aliphatic heterocycles. The summed E-state index contributed by atoms with van der Waals surface area (Å²) in [5, 5.41) is 38.6. The number of pyridine rings is 1. The first-order chi connectivity index (χ1) is 12.5. The molecule has 1 aromatic rings. The van der Waals surface area contributed by atoms with Crippen LogP contribution in [0.3, 0.4) is 0 Å². The molecule has 2 aliphatic rings. The Morgan fingerprint density at radius 3 is 2.42 bits per heavy atom. The Morgan fingerprint density at radius 1 is 1.08 bits per heavy atom. The SMILES string of the molecule is O=C1C=CC(=Nc2ccc(O[C@@H]3O[C@H](CO)[C@@H](O)[C@H](O)[C@H]3O)nc2)C=C1. The van der Waals surface area contributed by atoms with Crippen LogP contribution in [0.2, 0.25) is 0 Å². The Bertz CT molecular complexity index is 724. The molecule has 0 spiro atoms. The fourth-order valence-electron chi connectivity index (χ4n) is 2.46. The third kappa shape index (κ3) is 4.03. The second-order valence-electron chi connectivity index (χ2n) is 5.78. The maximum atomic E-state index is 11.1. The fraction of sp³-hybridized carbons (Fsp3) is 0.353.